The molecule has 0 radical (unpaired) electrons. The second-order valence-corrected chi connectivity index (χ2v) is 7.46. The highest BCUT2D eigenvalue weighted by atomic mass is 19.3. The number of aromatic nitrogens is 2. The van der Waals surface area contributed by atoms with Crippen LogP contribution >= 0.6 is 0 Å². The Morgan fingerprint density at radius 1 is 1.03 bits per heavy atom. The van der Waals surface area contributed by atoms with E-state index in [1.54, 1.807) is 39.8 Å². The molecular weight excluding hydrogens is 383 g/mol. The van der Waals surface area contributed by atoms with E-state index in [0.29, 0.717) is 34.0 Å². The third kappa shape index (κ3) is 3.54. The molecule has 0 bridgehead atoms. The highest BCUT2D eigenvalue weighted by molar-refractivity contribution is 5.92. The smallest absolute Gasteiger partial charge is 0.266 e. The van der Waals surface area contributed by atoms with E-state index in [1.807, 2.05) is 0 Å². The van der Waals surface area contributed by atoms with Gasteiger partial charge in [0.2, 0.25) is 5.79 Å². The van der Waals surface area contributed by atoms with Crippen LogP contribution in [0.15, 0.2) is 30.3 Å². The molecular formula is C21H20F3N3O2. The number of ether oxygens (including phenoxy) is 2. The Morgan fingerprint density at radius 2 is 1.69 bits per heavy atom. The van der Waals surface area contributed by atoms with Gasteiger partial charge in [0.1, 0.15) is 17.5 Å². The van der Waals surface area contributed by atoms with Crippen molar-refractivity contribution in [2.75, 3.05) is 5.32 Å². The second kappa shape index (κ2) is 6.79. The summed E-state index contributed by atoms with van der Waals surface area (Å²) in [4.78, 5) is 8.86. The average Bonchev–Trinajstić information content (AvgIpc) is 2.92. The van der Waals surface area contributed by atoms with E-state index in [1.165, 1.54) is 12.1 Å². The summed E-state index contributed by atoms with van der Waals surface area (Å²) in [5.74, 6) is 0.385. The van der Waals surface area contributed by atoms with Gasteiger partial charge in [-0.25, -0.2) is 23.1 Å². The molecule has 1 aliphatic heterocycles. The fourth-order valence-electron chi connectivity index (χ4n) is 3.43. The van der Waals surface area contributed by atoms with Gasteiger partial charge in [-0.05, 0) is 19.9 Å². The SMILES string of the molecule is Cc1nc(NC(C)c2cccc(C(F)F)c2F)c2cc3c(cc2n1)OC(C)(C)O3. The van der Waals surface area contributed by atoms with Crippen molar-refractivity contribution in [3.8, 4) is 11.5 Å². The standard InChI is InChI=1S/C21H20F3N3O2/c1-10(12-6-5-7-13(18(12)22)19(23)24)25-20-14-8-16-17(29-21(3,4)28-16)9-15(14)26-11(2)27-20/h5-10,19H,1-4H3,(H,25,26,27). The first-order valence-corrected chi connectivity index (χ1v) is 9.18. The summed E-state index contributed by atoms with van der Waals surface area (Å²) in [7, 11) is 0. The van der Waals surface area contributed by atoms with Crippen molar-refractivity contribution in [1.82, 2.24) is 9.97 Å². The summed E-state index contributed by atoms with van der Waals surface area (Å²) in [5, 5.41) is 3.79. The topological polar surface area (TPSA) is 56.3 Å². The van der Waals surface area contributed by atoms with Gasteiger partial charge in [-0.15, -0.1) is 0 Å². The average molecular weight is 403 g/mol. The largest absolute Gasteiger partial charge is 0.449 e. The number of fused-ring (bicyclic) bond motifs is 2. The van der Waals surface area contributed by atoms with E-state index in [9.17, 15) is 13.2 Å². The van der Waals surface area contributed by atoms with Crippen molar-refractivity contribution in [3.63, 3.8) is 0 Å². The van der Waals surface area contributed by atoms with Gasteiger partial charge < -0.3 is 14.8 Å². The van der Waals surface area contributed by atoms with Gasteiger partial charge in [0, 0.05) is 30.9 Å². The zero-order chi connectivity index (χ0) is 20.9. The van der Waals surface area contributed by atoms with Gasteiger partial charge in [-0.3, -0.25) is 0 Å². The number of nitrogens with one attached hydrogen (secondary N) is 1. The molecule has 0 amide bonds. The Hall–Kier alpha value is -3.03. The predicted molar refractivity (Wildman–Crippen MR) is 103 cm³/mol. The highest BCUT2D eigenvalue weighted by Crippen LogP contribution is 2.43. The first-order chi connectivity index (χ1) is 13.6. The Morgan fingerprint density at radius 3 is 2.38 bits per heavy atom. The lowest BCUT2D eigenvalue weighted by atomic mass is 10.0. The van der Waals surface area contributed by atoms with E-state index in [4.69, 9.17) is 9.47 Å². The van der Waals surface area contributed by atoms with Crippen molar-refractivity contribution in [2.24, 2.45) is 0 Å². The summed E-state index contributed by atoms with van der Waals surface area (Å²) >= 11 is 0. The maximum atomic E-state index is 14.5. The van der Waals surface area contributed by atoms with Crippen LogP contribution in [0.4, 0.5) is 19.0 Å². The minimum Gasteiger partial charge on any atom is -0.449 e. The van der Waals surface area contributed by atoms with Gasteiger partial charge in [-0.1, -0.05) is 18.2 Å². The molecule has 152 valence electrons. The zero-order valence-electron chi connectivity index (χ0n) is 16.4. The monoisotopic (exact) mass is 403 g/mol. The molecule has 0 fully saturated rings. The van der Waals surface area contributed by atoms with Crippen molar-refractivity contribution in [1.29, 1.82) is 0 Å². The van der Waals surface area contributed by atoms with Crippen LogP contribution < -0.4 is 14.8 Å². The van der Waals surface area contributed by atoms with E-state index in [2.05, 4.69) is 15.3 Å². The van der Waals surface area contributed by atoms with E-state index < -0.39 is 29.6 Å². The summed E-state index contributed by atoms with van der Waals surface area (Å²) in [6.07, 6.45) is -2.88. The van der Waals surface area contributed by atoms with Crippen LogP contribution in [-0.4, -0.2) is 15.8 Å². The molecule has 8 heteroatoms. The molecule has 0 saturated heterocycles. The molecule has 2 aromatic carbocycles. The van der Waals surface area contributed by atoms with Crippen LogP contribution in [0.3, 0.4) is 0 Å². The Bertz CT molecular complexity index is 1100. The summed E-state index contributed by atoms with van der Waals surface area (Å²) in [6, 6.07) is 6.91. The van der Waals surface area contributed by atoms with Crippen LogP contribution in [0.2, 0.25) is 0 Å². The first kappa shape index (κ1) is 19.3. The quantitative estimate of drug-likeness (QED) is 0.606. The third-order valence-corrected chi connectivity index (χ3v) is 4.70. The van der Waals surface area contributed by atoms with Crippen molar-refractivity contribution in [2.45, 2.75) is 45.9 Å². The molecule has 1 unspecified atom stereocenters. The molecule has 1 atom stereocenters. The van der Waals surface area contributed by atoms with Crippen molar-refractivity contribution >= 4 is 16.7 Å². The van der Waals surface area contributed by atoms with Gasteiger partial charge >= 0.3 is 0 Å². The number of hydrogen-bond donors (Lipinski definition) is 1. The zero-order valence-corrected chi connectivity index (χ0v) is 16.4. The third-order valence-electron chi connectivity index (χ3n) is 4.70. The number of halogens is 3. The molecule has 0 spiro atoms. The van der Waals surface area contributed by atoms with E-state index in [-0.39, 0.29) is 5.56 Å². The summed E-state index contributed by atoms with van der Waals surface area (Å²) in [6.45, 7) is 7.03. The number of rotatable bonds is 4. The Kier molecular flexibility index (Phi) is 4.52. The van der Waals surface area contributed by atoms with Crippen molar-refractivity contribution in [3.05, 3.63) is 53.1 Å². The molecule has 4 rings (SSSR count). The number of hydrogen-bond acceptors (Lipinski definition) is 5. The molecule has 0 aliphatic carbocycles. The molecule has 1 aromatic heterocycles. The van der Waals surface area contributed by atoms with Gasteiger partial charge in [-0.2, -0.15) is 0 Å². The van der Waals surface area contributed by atoms with Crippen LogP contribution in [0.25, 0.3) is 10.9 Å². The summed E-state index contributed by atoms with van der Waals surface area (Å²) in [5.41, 5.74) is 0.147. The normalized spacial score (nSPS) is 15.7. The van der Waals surface area contributed by atoms with Gasteiger partial charge in [0.15, 0.2) is 11.5 Å². The predicted octanol–water partition coefficient (Wildman–Crippen LogP) is 5.70. The minimum absolute atomic E-state index is 0.133. The lowest BCUT2D eigenvalue weighted by Crippen LogP contribution is -2.29. The number of anilines is 1. The number of nitrogens with zero attached hydrogens (tertiary/aromatic N) is 2. The fourth-order valence-corrected chi connectivity index (χ4v) is 3.43. The van der Waals surface area contributed by atoms with E-state index >= 15 is 0 Å². The maximum Gasteiger partial charge on any atom is 0.266 e. The lowest BCUT2D eigenvalue weighted by Gasteiger charge is -2.18. The molecule has 5 nitrogen and oxygen atoms in total. The van der Waals surface area contributed by atoms with Gasteiger partial charge in [0.05, 0.1) is 17.1 Å². The first-order valence-electron chi connectivity index (χ1n) is 9.18. The summed E-state index contributed by atoms with van der Waals surface area (Å²) < 4.78 is 52.2. The highest BCUT2D eigenvalue weighted by Gasteiger charge is 2.32. The van der Waals surface area contributed by atoms with Crippen LogP contribution in [0.1, 0.15) is 50.2 Å². The Labute approximate surface area is 165 Å². The van der Waals surface area contributed by atoms with E-state index in [0.717, 1.165) is 6.07 Å². The molecule has 3 aromatic rings. The van der Waals surface area contributed by atoms with Crippen LogP contribution in [-0.2, 0) is 0 Å². The number of benzene rings is 2. The Balaban J connectivity index is 1.74. The second-order valence-electron chi connectivity index (χ2n) is 7.46. The molecule has 1 aliphatic rings. The molecule has 1 N–H and O–H groups in total. The van der Waals surface area contributed by atoms with Gasteiger partial charge in [0.25, 0.3) is 6.43 Å². The van der Waals surface area contributed by atoms with Crippen LogP contribution in [0, 0.1) is 12.7 Å². The number of alkyl halides is 2. The fraction of sp³-hybridized carbons (Fsp3) is 0.333. The lowest BCUT2D eigenvalue weighted by molar-refractivity contribution is -0.0431. The molecule has 0 saturated carbocycles. The molecule has 29 heavy (non-hydrogen) atoms. The number of aryl methyl sites for hydroxylation is 1. The minimum atomic E-state index is -2.88. The van der Waals surface area contributed by atoms with Crippen LogP contribution in [0.5, 0.6) is 11.5 Å². The van der Waals surface area contributed by atoms with Crippen molar-refractivity contribution < 1.29 is 22.6 Å². The maximum absolute atomic E-state index is 14.5. The molecule has 2 heterocycles.